The second-order valence-corrected chi connectivity index (χ2v) is 7.59. The number of nitrogens with one attached hydrogen (secondary N) is 1. The van der Waals surface area contributed by atoms with Crippen LogP contribution in [0, 0.1) is 0 Å². The van der Waals surface area contributed by atoms with Crippen LogP contribution in [-0.2, 0) is 0 Å². The standard InChI is InChI=1S/C21H21BrN6O2/c1-30-16-5-6-18(22)17(12-16)20(29)26-15-13-24-21(25-14-15)28-10-8-27(9-11-28)19-4-2-3-7-23-19/h2-7,12-14H,8-11H2,1H3,(H,26,29). The van der Waals surface area contributed by atoms with E-state index in [2.05, 4.69) is 46.0 Å². The first-order chi connectivity index (χ1) is 14.6. The average Bonchev–Trinajstić information content (AvgIpc) is 2.80. The monoisotopic (exact) mass is 468 g/mol. The van der Waals surface area contributed by atoms with Crippen molar-refractivity contribution in [3.63, 3.8) is 0 Å². The maximum Gasteiger partial charge on any atom is 0.257 e. The number of nitrogens with zero attached hydrogens (tertiary/aromatic N) is 5. The highest BCUT2D eigenvalue weighted by Crippen LogP contribution is 2.24. The molecule has 0 radical (unpaired) electrons. The van der Waals surface area contributed by atoms with Crippen LogP contribution in [0.15, 0.2) is 59.5 Å². The fourth-order valence-corrected chi connectivity index (χ4v) is 3.66. The van der Waals surface area contributed by atoms with Crippen molar-refractivity contribution in [1.29, 1.82) is 0 Å². The van der Waals surface area contributed by atoms with Crippen molar-refractivity contribution < 1.29 is 9.53 Å². The number of carbonyl (C=O) groups is 1. The third-order valence-corrected chi connectivity index (χ3v) is 5.54. The van der Waals surface area contributed by atoms with Crippen molar-refractivity contribution in [2.75, 3.05) is 48.4 Å². The van der Waals surface area contributed by atoms with Crippen molar-refractivity contribution in [2.45, 2.75) is 0 Å². The fraction of sp³-hybridized carbons (Fsp3) is 0.238. The zero-order chi connectivity index (χ0) is 20.9. The molecule has 0 unspecified atom stereocenters. The van der Waals surface area contributed by atoms with Crippen LogP contribution >= 0.6 is 15.9 Å². The highest BCUT2D eigenvalue weighted by molar-refractivity contribution is 9.10. The molecule has 3 aromatic rings. The molecule has 1 amide bonds. The number of aromatic nitrogens is 3. The van der Waals surface area contributed by atoms with E-state index in [1.165, 1.54) is 0 Å². The Morgan fingerprint density at radius 2 is 1.77 bits per heavy atom. The van der Waals surface area contributed by atoms with E-state index in [1.54, 1.807) is 37.7 Å². The summed E-state index contributed by atoms with van der Waals surface area (Å²) in [6.07, 6.45) is 5.06. The summed E-state index contributed by atoms with van der Waals surface area (Å²) >= 11 is 3.40. The number of rotatable bonds is 5. The van der Waals surface area contributed by atoms with Gasteiger partial charge in [0.05, 0.1) is 30.8 Å². The number of piperazine rings is 1. The van der Waals surface area contributed by atoms with Gasteiger partial charge >= 0.3 is 0 Å². The molecule has 2 aromatic heterocycles. The molecule has 3 heterocycles. The molecule has 30 heavy (non-hydrogen) atoms. The van der Waals surface area contributed by atoms with E-state index in [9.17, 15) is 4.79 Å². The van der Waals surface area contributed by atoms with Crippen molar-refractivity contribution in [3.05, 3.63) is 65.0 Å². The molecule has 1 saturated heterocycles. The molecule has 0 spiro atoms. The predicted octanol–water partition coefficient (Wildman–Crippen LogP) is 3.22. The van der Waals surface area contributed by atoms with Crippen LogP contribution in [-0.4, -0.2) is 54.1 Å². The molecule has 1 N–H and O–H groups in total. The van der Waals surface area contributed by atoms with Crippen LogP contribution in [0.3, 0.4) is 0 Å². The molecule has 154 valence electrons. The Bertz CT molecular complexity index is 1010. The largest absolute Gasteiger partial charge is 0.497 e. The highest BCUT2D eigenvalue weighted by atomic mass is 79.9. The van der Waals surface area contributed by atoms with Gasteiger partial charge in [0.2, 0.25) is 5.95 Å². The molecule has 1 aromatic carbocycles. The number of hydrogen-bond donors (Lipinski definition) is 1. The van der Waals surface area contributed by atoms with E-state index < -0.39 is 0 Å². The maximum atomic E-state index is 12.6. The van der Waals surface area contributed by atoms with Gasteiger partial charge in [-0.05, 0) is 46.3 Å². The van der Waals surface area contributed by atoms with Gasteiger partial charge < -0.3 is 19.9 Å². The molecule has 9 heteroatoms. The second kappa shape index (κ2) is 9.08. The van der Waals surface area contributed by atoms with E-state index in [1.807, 2.05) is 24.4 Å². The number of pyridine rings is 1. The minimum absolute atomic E-state index is 0.263. The van der Waals surface area contributed by atoms with Gasteiger partial charge in [-0.25, -0.2) is 15.0 Å². The number of ether oxygens (including phenoxy) is 1. The molecule has 0 bridgehead atoms. The molecule has 4 rings (SSSR count). The summed E-state index contributed by atoms with van der Waals surface area (Å²) in [5.41, 5.74) is 1.01. The smallest absolute Gasteiger partial charge is 0.257 e. The fourth-order valence-electron chi connectivity index (χ4n) is 3.23. The third-order valence-electron chi connectivity index (χ3n) is 4.85. The molecular weight excluding hydrogens is 448 g/mol. The van der Waals surface area contributed by atoms with Gasteiger partial charge in [0, 0.05) is 36.8 Å². The average molecular weight is 469 g/mol. The zero-order valence-corrected chi connectivity index (χ0v) is 18.0. The lowest BCUT2D eigenvalue weighted by Gasteiger charge is -2.35. The van der Waals surface area contributed by atoms with Crippen molar-refractivity contribution in [1.82, 2.24) is 15.0 Å². The minimum Gasteiger partial charge on any atom is -0.497 e. The summed E-state index contributed by atoms with van der Waals surface area (Å²) in [7, 11) is 1.56. The number of benzene rings is 1. The molecule has 1 fully saturated rings. The Hall–Kier alpha value is -3.20. The minimum atomic E-state index is -0.263. The molecule has 0 atom stereocenters. The van der Waals surface area contributed by atoms with Gasteiger partial charge in [-0.3, -0.25) is 4.79 Å². The summed E-state index contributed by atoms with van der Waals surface area (Å²) in [5, 5.41) is 2.82. The Morgan fingerprint density at radius 1 is 1.03 bits per heavy atom. The molecule has 8 nitrogen and oxygen atoms in total. The van der Waals surface area contributed by atoms with Crippen LogP contribution in [0.4, 0.5) is 17.5 Å². The first-order valence-corrected chi connectivity index (χ1v) is 10.3. The van der Waals surface area contributed by atoms with E-state index in [0.29, 0.717) is 27.4 Å². The normalized spacial score (nSPS) is 13.8. The SMILES string of the molecule is COc1ccc(Br)c(C(=O)Nc2cnc(N3CCN(c4ccccn4)CC3)nc2)c1. The van der Waals surface area contributed by atoms with Gasteiger partial charge in [0.1, 0.15) is 11.6 Å². The summed E-state index contributed by atoms with van der Waals surface area (Å²) in [6, 6.07) is 11.2. The summed E-state index contributed by atoms with van der Waals surface area (Å²) in [4.78, 5) is 30.2. The summed E-state index contributed by atoms with van der Waals surface area (Å²) in [6.45, 7) is 3.31. The molecule has 1 aliphatic heterocycles. The quantitative estimate of drug-likeness (QED) is 0.615. The van der Waals surface area contributed by atoms with Gasteiger partial charge in [-0.1, -0.05) is 6.07 Å². The van der Waals surface area contributed by atoms with E-state index in [-0.39, 0.29) is 5.91 Å². The lowest BCUT2D eigenvalue weighted by atomic mass is 10.2. The van der Waals surface area contributed by atoms with Crippen molar-refractivity contribution >= 4 is 39.3 Å². The molecule has 0 saturated carbocycles. The Kier molecular flexibility index (Phi) is 6.08. The lowest BCUT2D eigenvalue weighted by Crippen LogP contribution is -2.47. The molecule has 0 aliphatic carbocycles. The number of halogens is 1. The van der Waals surface area contributed by atoms with Crippen LogP contribution in [0.2, 0.25) is 0 Å². The highest BCUT2D eigenvalue weighted by Gasteiger charge is 2.20. The zero-order valence-electron chi connectivity index (χ0n) is 16.5. The number of carbonyl (C=O) groups excluding carboxylic acids is 1. The van der Waals surface area contributed by atoms with Crippen molar-refractivity contribution in [3.8, 4) is 5.75 Å². The van der Waals surface area contributed by atoms with Gasteiger partial charge in [-0.2, -0.15) is 0 Å². The van der Waals surface area contributed by atoms with E-state index >= 15 is 0 Å². The van der Waals surface area contributed by atoms with Gasteiger partial charge in [0.25, 0.3) is 5.91 Å². The number of anilines is 3. The van der Waals surface area contributed by atoms with Crippen LogP contribution in [0.5, 0.6) is 5.75 Å². The van der Waals surface area contributed by atoms with Crippen LogP contribution in [0.1, 0.15) is 10.4 Å². The third kappa shape index (κ3) is 4.51. The van der Waals surface area contributed by atoms with Crippen LogP contribution < -0.4 is 19.9 Å². The lowest BCUT2D eigenvalue weighted by molar-refractivity contribution is 0.102. The Balaban J connectivity index is 1.37. The molecular formula is C21H21BrN6O2. The van der Waals surface area contributed by atoms with Gasteiger partial charge in [0.15, 0.2) is 0 Å². The van der Waals surface area contributed by atoms with Crippen LogP contribution in [0.25, 0.3) is 0 Å². The molecule has 1 aliphatic rings. The first-order valence-electron chi connectivity index (χ1n) is 9.52. The summed E-state index contributed by atoms with van der Waals surface area (Å²) in [5.74, 6) is 1.98. The number of hydrogen-bond acceptors (Lipinski definition) is 7. The Morgan fingerprint density at radius 3 is 2.43 bits per heavy atom. The second-order valence-electron chi connectivity index (χ2n) is 6.73. The van der Waals surface area contributed by atoms with Crippen molar-refractivity contribution in [2.24, 2.45) is 0 Å². The first kappa shape index (κ1) is 20.1. The predicted molar refractivity (Wildman–Crippen MR) is 119 cm³/mol. The van der Waals surface area contributed by atoms with E-state index in [4.69, 9.17) is 4.74 Å². The Labute approximate surface area is 183 Å². The van der Waals surface area contributed by atoms with Gasteiger partial charge in [-0.15, -0.1) is 0 Å². The number of methoxy groups -OCH3 is 1. The summed E-state index contributed by atoms with van der Waals surface area (Å²) < 4.78 is 5.87. The topological polar surface area (TPSA) is 83.5 Å². The maximum absolute atomic E-state index is 12.6. The number of amides is 1. The van der Waals surface area contributed by atoms with E-state index in [0.717, 1.165) is 32.0 Å².